The summed E-state index contributed by atoms with van der Waals surface area (Å²) < 4.78 is 4.99. The maximum Gasteiger partial charge on any atom is 0.408 e. The molecule has 1 amide bonds. The molecule has 0 aromatic heterocycles. The van der Waals surface area contributed by atoms with Crippen molar-refractivity contribution >= 4 is 12.1 Å². The molecule has 1 unspecified atom stereocenters. The van der Waals surface area contributed by atoms with Crippen LogP contribution in [0.25, 0.3) is 0 Å². The van der Waals surface area contributed by atoms with Crippen LogP contribution in [0.4, 0.5) is 4.79 Å². The molecule has 180 valence electrons. The number of nitrogens with one attached hydrogen (secondary N) is 2. The number of carboxylic acid groups (broad SMARTS) is 1. The first kappa shape index (κ1) is 26.2. The van der Waals surface area contributed by atoms with Gasteiger partial charge in [-0.25, -0.2) is 9.59 Å². The highest BCUT2D eigenvalue weighted by molar-refractivity contribution is 5.80. The molecule has 2 atom stereocenters. The summed E-state index contributed by atoms with van der Waals surface area (Å²) in [5.74, 6) is -1.20. The summed E-state index contributed by atoms with van der Waals surface area (Å²) in [7, 11) is 0. The molecule has 6 heteroatoms. The van der Waals surface area contributed by atoms with Gasteiger partial charge < -0.3 is 20.5 Å². The molecule has 3 N–H and O–H groups in total. The molecule has 1 aromatic carbocycles. The smallest absolute Gasteiger partial charge is 0.408 e. The number of carboxylic acids is 1. The third-order valence-electron chi connectivity index (χ3n) is 6.65. The van der Waals surface area contributed by atoms with Gasteiger partial charge in [0.2, 0.25) is 0 Å². The lowest BCUT2D eigenvalue weighted by Crippen LogP contribution is -2.45. The first-order valence-corrected chi connectivity index (χ1v) is 12.5. The van der Waals surface area contributed by atoms with Gasteiger partial charge in [0.05, 0.1) is 0 Å². The lowest BCUT2D eigenvalue weighted by molar-refractivity contribution is -0.140. The fraction of sp³-hybridized carbons (Fsp3) is 0.692. The standard InChI is InChI=1S/C14H19NO4.C12H23N/c1-3-10(2)12(13(16)17)15-14(18)19-9-11-7-5-4-6-8-11;1-3-7-11(8-4-1)13-12-9-5-2-6-10-12/h4-8,10,12H,3,9H2,1-2H3,(H,15,18)(H,16,17);11-13H,1-10H2/t10?,12-;/m0./s1. The Morgan fingerprint density at radius 1 is 0.969 bits per heavy atom. The predicted octanol–water partition coefficient (Wildman–Crippen LogP) is 5.65. The minimum atomic E-state index is -1.05. The van der Waals surface area contributed by atoms with Crippen molar-refractivity contribution in [1.82, 2.24) is 10.6 Å². The molecule has 2 saturated carbocycles. The fourth-order valence-electron chi connectivity index (χ4n) is 4.45. The van der Waals surface area contributed by atoms with Crippen molar-refractivity contribution in [2.24, 2.45) is 5.92 Å². The molecule has 0 saturated heterocycles. The van der Waals surface area contributed by atoms with Gasteiger partial charge in [0.1, 0.15) is 12.6 Å². The third-order valence-corrected chi connectivity index (χ3v) is 6.65. The van der Waals surface area contributed by atoms with Crippen LogP contribution in [0.5, 0.6) is 0 Å². The third kappa shape index (κ3) is 10.0. The van der Waals surface area contributed by atoms with E-state index in [0.29, 0.717) is 6.42 Å². The van der Waals surface area contributed by atoms with E-state index in [1.54, 1.807) is 6.92 Å². The van der Waals surface area contributed by atoms with Gasteiger partial charge in [0, 0.05) is 12.1 Å². The number of carbonyl (C=O) groups is 2. The fourth-order valence-corrected chi connectivity index (χ4v) is 4.45. The average Bonchev–Trinajstić information content (AvgIpc) is 2.83. The van der Waals surface area contributed by atoms with Gasteiger partial charge >= 0.3 is 12.1 Å². The largest absolute Gasteiger partial charge is 0.480 e. The molecule has 0 heterocycles. The second kappa shape index (κ2) is 14.9. The zero-order valence-corrected chi connectivity index (χ0v) is 19.9. The molecule has 3 rings (SSSR count). The highest BCUT2D eigenvalue weighted by atomic mass is 16.5. The first-order chi connectivity index (χ1) is 15.5. The molecule has 2 fully saturated rings. The van der Waals surface area contributed by atoms with Crippen LogP contribution in [-0.2, 0) is 16.1 Å². The second-order valence-electron chi connectivity index (χ2n) is 9.24. The molecule has 2 aliphatic rings. The van der Waals surface area contributed by atoms with E-state index in [1.807, 2.05) is 37.3 Å². The van der Waals surface area contributed by atoms with Crippen LogP contribution in [0, 0.1) is 5.92 Å². The Hall–Kier alpha value is -2.08. The SMILES string of the molecule is C1CCC(NC2CCCCC2)CC1.CCC(C)[C@H](NC(=O)OCc1ccccc1)C(=O)O. The maximum absolute atomic E-state index is 11.6. The summed E-state index contributed by atoms with van der Waals surface area (Å²) in [5, 5.41) is 15.3. The van der Waals surface area contributed by atoms with Crippen molar-refractivity contribution in [3.63, 3.8) is 0 Å². The molecule has 2 aliphatic carbocycles. The van der Waals surface area contributed by atoms with Crippen molar-refractivity contribution in [3.8, 4) is 0 Å². The van der Waals surface area contributed by atoms with E-state index in [-0.39, 0.29) is 12.5 Å². The Bertz CT molecular complexity index is 639. The maximum atomic E-state index is 11.6. The number of rotatable bonds is 8. The first-order valence-electron chi connectivity index (χ1n) is 12.5. The number of amides is 1. The summed E-state index contributed by atoms with van der Waals surface area (Å²) >= 11 is 0. The normalized spacial score (nSPS) is 19.2. The molecule has 0 spiro atoms. The number of carbonyl (C=O) groups excluding carboxylic acids is 1. The Labute approximate surface area is 193 Å². The van der Waals surface area contributed by atoms with Crippen molar-refractivity contribution in [2.75, 3.05) is 0 Å². The average molecular weight is 447 g/mol. The van der Waals surface area contributed by atoms with Crippen molar-refractivity contribution in [1.29, 1.82) is 0 Å². The summed E-state index contributed by atoms with van der Waals surface area (Å²) in [6, 6.07) is 10.0. The predicted molar refractivity (Wildman–Crippen MR) is 128 cm³/mol. The van der Waals surface area contributed by atoms with E-state index in [9.17, 15) is 9.59 Å². The number of hydrogen-bond acceptors (Lipinski definition) is 4. The number of benzene rings is 1. The highest BCUT2D eigenvalue weighted by Gasteiger charge is 2.25. The van der Waals surface area contributed by atoms with E-state index in [1.165, 1.54) is 64.2 Å². The van der Waals surface area contributed by atoms with Gasteiger partial charge in [0.15, 0.2) is 0 Å². The van der Waals surface area contributed by atoms with Crippen LogP contribution in [0.15, 0.2) is 30.3 Å². The van der Waals surface area contributed by atoms with E-state index in [0.717, 1.165) is 17.6 Å². The Morgan fingerprint density at radius 3 is 1.97 bits per heavy atom. The molecular formula is C26H42N2O4. The lowest BCUT2D eigenvalue weighted by atomic mass is 9.91. The molecule has 0 radical (unpaired) electrons. The minimum Gasteiger partial charge on any atom is -0.480 e. The van der Waals surface area contributed by atoms with Gasteiger partial charge in [0.25, 0.3) is 0 Å². The van der Waals surface area contributed by atoms with Gasteiger partial charge in [-0.15, -0.1) is 0 Å². The van der Waals surface area contributed by atoms with Crippen LogP contribution >= 0.6 is 0 Å². The monoisotopic (exact) mass is 446 g/mol. The molecule has 6 nitrogen and oxygen atoms in total. The van der Waals surface area contributed by atoms with E-state index < -0.39 is 18.1 Å². The van der Waals surface area contributed by atoms with Crippen molar-refractivity contribution < 1.29 is 19.4 Å². The summed E-state index contributed by atoms with van der Waals surface area (Å²) in [4.78, 5) is 22.6. The topological polar surface area (TPSA) is 87.7 Å². The molecule has 32 heavy (non-hydrogen) atoms. The van der Waals surface area contributed by atoms with Gasteiger partial charge in [-0.3, -0.25) is 0 Å². The number of alkyl carbamates (subject to hydrolysis) is 1. The lowest BCUT2D eigenvalue weighted by Gasteiger charge is -2.30. The summed E-state index contributed by atoms with van der Waals surface area (Å²) in [6.07, 6.45) is 14.5. The summed E-state index contributed by atoms with van der Waals surface area (Å²) in [6.45, 7) is 3.77. The van der Waals surface area contributed by atoms with Crippen molar-refractivity contribution in [2.45, 2.75) is 109 Å². The number of ether oxygens (including phenoxy) is 1. The molecule has 1 aromatic rings. The van der Waals surface area contributed by atoms with E-state index >= 15 is 0 Å². The quantitative estimate of drug-likeness (QED) is 0.480. The van der Waals surface area contributed by atoms with E-state index in [2.05, 4.69) is 10.6 Å². The summed E-state index contributed by atoms with van der Waals surface area (Å²) in [5.41, 5.74) is 0.855. The Kier molecular flexibility index (Phi) is 12.2. The Morgan fingerprint density at radius 2 is 1.50 bits per heavy atom. The molecular weight excluding hydrogens is 404 g/mol. The van der Waals surface area contributed by atoms with Crippen LogP contribution in [0.2, 0.25) is 0 Å². The van der Waals surface area contributed by atoms with Gasteiger partial charge in [-0.05, 0) is 37.2 Å². The van der Waals surface area contributed by atoms with Gasteiger partial charge in [-0.1, -0.05) is 89.1 Å². The highest BCUT2D eigenvalue weighted by Crippen LogP contribution is 2.22. The zero-order chi connectivity index (χ0) is 23.2. The van der Waals surface area contributed by atoms with E-state index in [4.69, 9.17) is 9.84 Å². The van der Waals surface area contributed by atoms with Crippen LogP contribution in [-0.4, -0.2) is 35.3 Å². The van der Waals surface area contributed by atoms with Crippen molar-refractivity contribution in [3.05, 3.63) is 35.9 Å². The Balaban J connectivity index is 0.000000242. The van der Waals surface area contributed by atoms with Crippen LogP contribution in [0.1, 0.15) is 90.0 Å². The number of aliphatic carboxylic acids is 1. The molecule has 0 bridgehead atoms. The molecule has 0 aliphatic heterocycles. The van der Waals surface area contributed by atoms with Gasteiger partial charge in [-0.2, -0.15) is 0 Å². The van der Waals surface area contributed by atoms with Crippen LogP contribution in [0.3, 0.4) is 0 Å². The zero-order valence-electron chi connectivity index (χ0n) is 19.9. The van der Waals surface area contributed by atoms with Crippen LogP contribution < -0.4 is 10.6 Å². The number of hydrogen-bond donors (Lipinski definition) is 3. The second-order valence-corrected chi connectivity index (χ2v) is 9.24. The minimum absolute atomic E-state index is 0.125.